The number of nitrogens with two attached hydrogens (primary N) is 1. The van der Waals surface area contributed by atoms with Crippen molar-refractivity contribution in [2.24, 2.45) is 17.6 Å². The largest absolute Gasteiger partial charge is 0.389 e. The van der Waals surface area contributed by atoms with Gasteiger partial charge in [-0.15, -0.1) is 0 Å². The van der Waals surface area contributed by atoms with Gasteiger partial charge in [0.25, 0.3) is 0 Å². The van der Waals surface area contributed by atoms with E-state index in [0.717, 1.165) is 6.42 Å². The predicted octanol–water partition coefficient (Wildman–Crippen LogP) is 1.91. The molecule has 1 aliphatic carbocycles. The fourth-order valence-corrected chi connectivity index (χ4v) is 3.61. The van der Waals surface area contributed by atoms with Crippen molar-refractivity contribution in [3.05, 3.63) is 28.8 Å². The van der Waals surface area contributed by atoms with Crippen LogP contribution in [0.15, 0.2) is 23.1 Å². The highest BCUT2D eigenvalue weighted by atomic mass is 35.5. The fraction of sp³-hybridized carbons (Fsp3) is 0.417. The van der Waals surface area contributed by atoms with Crippen molar-refractivity contribution in [3.8, 4) is 0 Å². The molecule has 0 aliphatic heterocycles. The third kappa shape index (κ3) is 3.45. The average molecular weight is 319 g/mol. The summed E-state index contributed by atoms with van der Waals surface area (Å²) >= 11 is 10.8. The Hall–Kier alpha value is -0.690. The molecule has 1 aliphatic rings. The van der Waals surface area contributed by atoms with Gasteiger partial charge in [0.05, 0.1) is 5.02 Å². The van der Waals surface area contributed by atoms with Gasteiger partial charge in [0.1, 0.15) is 9.88 Å². The standard InChI is InChI=1S/C12H15ClN2O2S2/c1-7-4-9(7)6-15-19(16,17)11-3-2-8(12(14)18)5-10(11)13/h2-3,5,7,9,15H,4,6H2,1H3,(H2,14,18). The van der Waals surface area contributed by atoms with Gasteiger partial charge in [0.2, 0.25) is 10.0 Å². The van der Waals surface area contributed by atoms with Crippen LogP contribution in [-0.4, -0.2) is 20.0 Å². The van der Waals surface area contributed by atoms with Crippen LogP contribution in [0.2, 0.25) is 5.02 Å². The highest BCUT2D eigenvalue weighted by Gasteiger charge is 2.33. The minimum Gasteiger partial charge on any atom is -0.389 e. The number of benzene rings is 1. The average Bonchev–Trinajstić information content (AvgIpc) is 3.02. The number of hydrogen-bond acceptors (Lipinski definition) is 3. The lowest BCUT2D eigenvalue weighted by atomic mass is 10.2. The van der Waals surface area contributed by atoms with Crippen molar-refractivity contribution in [1.82, 2.24) is 4.72 Å². The van der Waals surface area contributed by atoms with Gasteiger partial charge in [-0.2, -0.15) is 0 Å². The summed E-state index contributed by atoms with van der Waals surface area (Å²) in [5, 5.41) is 0.127. The van der Waals surface area contributed by atoms with E-state index in [4.69, 9.17) is 29.6 Å². The Balaban J connectivity index is 2.17. The molecule has 104 valence electrons. The van der Waals surface area contributed by atoms with Crippen LogP contribution >= 0.6 is 23.8 Å². The molecule has 2 unspecified atom stereocenters. The first kappa shape index (κ1) is 14.7. The van der Waals surface area contributed by atoms with E-state index in [1.54, 1.807) is 6.07 Å². The molecule has 0 bridgehead atoms. The third-order valence-corrected chi connectivity index (χ3v) is 5.46. The summed E-state index contributed by atoms with van der Waals surface area (Å²) < 4.78 is 26.8. The molecule has 0 aromatic heterocycles. The van der Waals surface area contributed by atoms with Crippen molar-refractivity contribution >= 4 is 38.8 Å². The molecule has 4 nitrogen and oxygen atoms in total. The van der Waals surface area contributed by atoms with Crippen LogP contribution in [0.4, 0.5) is 0 Å². The van der Waals surface area contributed by atoms with Crippen LogP contribution < -0.4 is 10.5 Å². The van der Waals surface area contributed by atoms with Gasteiger partial charge in [-0.05, 0) is 30.4 Å². The number of rotatable bonds is 5. The lowest BCUT2D eigenvalue weighted by Gasteiger charge is -2.09. The maximum Gasteiger partial charge on any atom is 0.242 e. The van der Waals surface area contributed by atoms with E-state index >= 15 is 0 Å². The third-order valence-electron chi connectivity index (χ3n) is 3.32. The quantitative estimate of drug-likeness (QED) is 0.813. The Bertz CT molecular complexity index is 616. The van der Waals surface area contributed by atoms with Crippen molar-refractivity contribution in [1.29, 1.82) is 0 Å². The maximum absolute atomic E-state index is 12.1. The smallest absolute Gasteiger partial charge is 0.242 e. The Morgan fingerprint density at radius 1 is 1.58 bits per heavy atom. The topological polar surface area (TPSA) is 72.2 Å². The van der Waals surface area contributed by atoms with Crippen LogP contribution in [-0.2, 0) is 10.0 Å². The fourth-order valence-electron chi connectivity index (χ4n) is 1.85. The summed E-state index contributed by atoms with van der Waals surface area (Å²) in [6, 6.07) is 4.45. The van der Waals surface area contributed by atoms with Gasteiger partial charge in [0.15, 0.2) is 0 Å². The number of sulfonamides is 1. The zero-order chi connectivity index (χ0) is 14.2. The van der Waals surface area contributed by atoms with Crippen LogP contribution in [0.1, 0.15) is 18.9 Å². The highest BCUT2D eigenvalue weighted by Crippen LogP contribution is 2.37. The molecule has 0 saturated heterocycles. The Morgan fingerprint density at radius 2 is 2.21 bits per heavy atom. The summed E-state index contributed by atoms with van der Waals surface area (Å²) in [6.45, 7) is 2.56. The monoisotopic (exact) mass is 318 g/mol. The molecule has 2 rings (SSSR count). The van der Waals surface area contributed by atoms with E-state index in [2.05, 4.69) is 11.6 Å². The molecular formula is C12H15ClN2O2S2. The summed E-state index contributed by atoms with van der Waals surface area (Å²) in [5.74, 6) is 1.03. The number of thiocarbonyl (C=S) groups is 1. The van der Waals surface area contributed by atoms with Gasteiger partial charge < -0.3 is 5.73 Å². The molecule has 1 aromatic carbocycles. The van der Waals surface area contributed by atoms with Gasteiger partial charge in [-0.1, -0.05) is 36.8 Å². The molecule has 0 radical (unpaired) electrons. The minimum absolute atomic E-state index is 0.0578. The van der Waals surface area contributed by atoms with E-state index in [-0.39, 0.29) is 14.9 Å². The Labute approximate surface area is 123 Å². The normalized spacial score (nSPS) is 22.2. The van der Waals surface area contributed by atoms with E-state index in [1.807, 2.05) is 0 Å². The van der Waals surface area contributed by atoms with E-state index in [9.17, 15) is 8.42 Å². The molecule has 3 N–H and O–H groups in total. The van der Waals surface area contributed by atoms with Gasteiger partial charge >= 0.3 is 0 Å². The first-order chi connectivity index (χ1) is 8.81. The molecule has 0 amide bonds. The second-order valence-electron chi connectivity index (χ2n) is 4.83. The zero-order valence-corrected chi connectivity index (χ0v) is 12.8. The lowest BCUT2D eigenvalue weighted by molar-refractivity contribution is 0.574. The second-order valence-corrected chi connectivity index (χ2v) is 7.42. The molecule has 0 heterocycles. The van der Waals surface area contributed by atoms with Crippen molar-refractivity contribution in [3.63, 3.8) is 0 Å². The molecule has 19 heavy (non-hydrogen) atoms. The first-order valence-corrected chi connectivity index (χ1v) is 8.17. The van der Waals surface area contributed by atoms with Gasteiger partial charge in [-0.25, -0.2) is 13.1 Å². The SMILES string of the molecule is CC1CC1CNS(=O)(=O)c1ccc(C(N)=S)cc1Cl. The number of hydrogen-bond donors (Lipinski definition) is 2. The van der Waals surface area contributed by atoms with Crippen molar-refractivity contribution < 1.29 is 8.42 Å². The van der Waals surface area contributed by atoms with E-state index < -0.39 is 10.0 Å². The van der Waals surface area contributed by atoms with Crippen LogP contribution in [0.5, 0.6) is 0 Å². The predicted molar refractivity (Wildman–Crippen MR) is 79.8 cm³/mol. The summed E-state index contributed by atoms with van der Waals surface area (Å²) in [4.78, 5) is 0.244. The second kappa shape index (κ2) is 5.36. The number of nitrogens with one attached hydrogen (secondary N) is 1. The lowest BCUT2D eigenvalue weighted by Crippen LogP contribution is -2.26. The first-order valence-electron chi connectivity index (χ1n) is 5.90. The van der Waals surface area contributed by atoms with E-state index in [0.29, 0.717) is 23.9 Å². The molecule has 1 aromatic rings. The molecule has 2 atom stereocenters. The summed E-state index contributed by atoms with van der Waals surface area (Å²) in [6.07, 6.45) is 1.07. The van der Waals surface area contributed by atoms with Crippen molar-refractivity contribution in [2.45, 2.75) is 18.2 Å². The Kier molecular flexibility index (Phi) is 4.15. The molecule has 7 heteroatoms. The maximum atomic E-state index is 12.1. The van der Waals surface area contributed by atoms with Crippen LogP contribution in [0.25, 0.3) is 0 Å². The van der Waals surface area contributed by atoms with Crippen molar-refractivity contribution in [2.75, 3.05) is 6.54 Å². The summed E-state index contributed by atoms with van der Waals surface area (Å²) in [5.41, 5.74) is 6.02. The van der Waals surface area contributed by atoms with Crippen LogP contribution in [0.3, 0.4) is 0 Å². The highest BCUT2D eigenvalue weighted by molar-refractivity contribution is 7.89. The minimum atomic E-state index is -3.58. The zero-order valence-electron chi connectivity index (χ0n) is 10.4. The number of halogens is 1. The van der Waals surface area contributed by atoms with Gasteiger partial charge in [-0.3, -0.25) is 0 Å². The van der Waals surface area contributed by atoms with Gasteiger partial charge in [0, 0.05) is 12.1 Å². The molecule has 1 fully saturated rings. The Morgan fingerprint density at radius 3 is 2.68 bits per heavy atom. The molecular weight excluding hydrogens is 304 g/mol. The molecule has 0 spiro atoms. The van der Waals surface area contributed by atoms with Crippen LogP contribution in [0, 0.1) is 11.8 Å². The van der Waals surface area contributed by atoms with E-state index in [1.165, 1.54) is 12.1 Å². The summed E-state index contributed by atoms with van der Waals surface area (Å²) in [7, 11) is -3.58. The molecule has 1 saturated carbocycles.